The van der Waals surface area contributed by atoms with Crippen molar-refractivity contribution in [1.29, 1.82) is 0 Å². The number of carboxylic acids is 1. The summed E-state index contributed by atoms with van der Waals surface area (Å²) in [6.45, 7) is 1.99. The van der Waals surface area contributed by atoms with Crippen molar-refractivity contribution < 1.29 is 14.7 Å². The maximum Gasteiger partial charge on any atom is 0.305 e. The Morgan fingerprint density at radius 1 is 1.37 bits per heavy atom. The normalized spacial score (nSPS) is 16.5. The molecule has 19 heavy (non-hydrogen) atoms. The average molecular weight is 261 g/mol. The van der Waals surface area contributed by atoms with Gasteiger partial charge in [-0.3, -0.25) is 9.59 Å². The van der Waals surface area contributed by atoms with Gasteiger partial charge < -0.3 is 10.4 Å². The van der Waals surface area contributed by atoms with Crippen molar-refractivity contribution in [1.82, 2.24) is 5.32 Å². The number of aryl methyl sites for hydroxylation is 1. The quantitative estimate of drug-likeness (QED) is 0.852. The lowest BCUT2D eigenvalue weighted by atomic mass is 9.74. The number of hydrogen-bond acceptors (Lipinski definition) is 2. The highest BCUT2D eigenvalue weighted by Crippen LogP contribution is 2.34. The van der Waals surface area contributed by atoms with Crippen molar-refractivity contribution in [2.75, 3.05) is 0 Å². The summed E-state index contributed by atoms with van der Waals surface area (Å²) in [6, 6.07) is 7.80. The molecule has 1 fully saturated rings. The Hall–Kier alpha value is -1.84. The van der Waals surface area contributed by atoms with Gasteiger partial charge in [0, 0.05) is 0 Å². The minimum atomic E-state index is -0.851. The van der Waals surface area contributed by atoms with Crippen molar-refractivity contribution in [3.05, 3.63) is 35.4 Å². The first kappa shape index (κ1) is 13.6. The van der Waals surface area contributed by atoms with E-state index < -0.39 is 11.5 Å². The third kappa shape index (κ3) is 3.56. The van der Waals surface area contributed by atoms with Gasteiger partial charge in [0.05, 0.1) is 18.4 Å². The van der Waals surface area contributed by atoms with Crippen LogP contribution in [0.4, 0.5) is 0 Å². The molecule has 1 aromatic carbocycles. The van der Waals surface area contributed by atoms with Crippen molar-refractivity contribution in [2.45, 2.75) is 44.6 Å². The molecule has 1 amide bonds. The summed E-state index contributed by atoms with van der Waals surface area (Å²) >= 11 is 0. The molecule has 1 aliphatic carbocycles. The fraction of sp³-hybridized carbons (Fsp3) is 0.467. The van der Waals surface area contributed by atoms with E-state index in [1.54, 1.807) is 0 Å². The molecule has 4 nitrogen and oxygen atoms in total. The first-order valence-electron chi connectivity index (χ1n) is 6.57. The van der Waals surface area contributed by atoms with E-state index in [4.69, 9.17) is 5.11 Å². The second-order valence-electron chi connectivity index (χ2n) is 5.42. The van der Waals surface area contributed by atoms with Gasteiger partial charge in [-0.2, -0.15) is 0 Å². The average Bonchev–Trinajstić information content (AvgIpc) is 2.25. The third-order valence-corrected chi connectivity index (χ3v) is 3.65. The zero-order valence-corrected chi connectivity index (χ0v) is 11.1. The van der Waals surface area contributed by atoms with Crippen LogP contribution < -0.4 is 5.32 Å². The highest BCUT2D eigenvalue weighted by atomic mass is 16.4. The molecule has 0 heterocycles. The minimum absolute atomic E-state index is 0.0204. The molecule has 102 valence electrons. The van der Waals surface area contributed by atoms with E-state index >= 15 is 0 Å². The number of carbonyl (C=O) groups excluding carboxylic acids is 1. The smallest absolute Gasteiger partial charge is 0.305 e. The van der Waals surface area contributed by atoms with Crippen LogP contribution in [0.1, 0.15) is 36.8 Å². The van der Waals surface area contributed by atoms with Crippen LogP contribution in [0.25, 0.3) is 0 Å². The zero-order valence-electron chi connectivity index (χ0n) is 11.1. The molecule has 4 heteroatoms. The first-order chi connectivity index (χ1) is 8.99. The van der Waals surface area contributed by atoms with Crippen LogP contribution in [0.5, 0.6) is 0 Å². The van der Waals surface area contributed by atoms with Gasteiger partial charge in [0.25, 0.3) is 0 Å². The molecule has 0 spiro atoms. The van der Waals surface area contributed by atoms with Gasteiger partial charge >= 0.3 is 5.97 Å². The van der Waals surface area contributed by atoms with Crippen LogP contribution in [0, 0.1) is 6.92 Å². The Bertz CT molecular complexity index is 492. The number of amides is 1. The van der Waals surface area contributed by atoms with Crippen molar-refractivity contribution in [3.8, 4) is 0 Å². The van der Waals surface area contributed by atoms with Crippen LogP contribution in [-0.2, 0) is 16.0 Å². The van der Waals surface area contributed by atoms with E-state index in [2.05, 4.69) is 5.32 Å². The van der Waals surface area contributed by atoms with E-state index in [0.29, 0.717) is 6.42 Å². The maximum absolute atomic E-state index is 12.0. The molecule has 0 aliphatic heterocycles. The number of hydrogen-bond donors (Lipinski definition) is 2. The largest absolute Gasteiger partial charge is 0.481 e. The van der Waals surface area contributed by atoms with E-state index in [9.17, 15) is 9.59 Å². The van der Waals surface area contributed by atoms with Crippen molar-refractivity contribution in [2.24, 2.45) is 0 Å². The highest BCUT2D eigenvalue weighted by molar-refractivity contribution is 5.80. The Morgan fingerprint density at radius 3 is 2.63 bits per heavy atom. The lowest BCUT2D eigenvalue weighted by Gasteiger charge is -2.41. The zero-order chi connectivity index (χ0) is 13.9. The second-order valence-corrected chi connectivity index (χ2v) is 5.42. The van der Waals surface area contributed by atoms with Crippen molar-refractivity contribution >= 4 is 11.9 Å². The molecular formula is C15H19NO3. The molecule has 1 aliphatic rings. The van der Waals surface area contributed by atoms with E-state index in [-0.39, 0.29) is 12.3 Å². The van der Waals surface area contributed by atoms with Gasteiger partial charge in [0.2, 0.25) is 5.91 Å². The summed E-state index contributed by atoms with van der Waals surface area (Å²) in [4.78, 5) is 22.9. The molecule has 2 rings (SSSR count). The fourth-order valence-electron chi connectivity index (χ4n) is 2.59. The Kier molecular flexibility index (Phi) is 3.88. The molecular weight excluding hydrogens is 242 g/mol. The number of rotatable bonds is 5. The van der Waals surface area contributed by atoms with E-state index in [1.165, 1.54) is 0 Å². The molecule has 0 aromatic heterocycles. The summed E-state index contributed by atoms with van der Waals surface area (Å²) in [5.74, 6) is -0.942. The van der Waals surface area contributed by atoms with Gasteiger partial charge in [-0.15, -0.1) is 0 Å². The summed E-state index contributed by atoms with van der Waals surface area (Å²) < 4.78 is 0. The molecule has 0 unspecified atom stereocenters. The van der Waals surface area contributed by atoms with Crippen LogP contribution in [0.3, 0.4) is 0 Å². The number of benzene rings is 1. The van der Waals surface area contributed by atoms with E-state index in [0.717, 1.165) is 30.4 Å². The summed E-state index contributed by atoms with van der Waals surface area (Å²) in [7, 11) is 0. The molecule has 0 bridgehead atoms. The predicted octanol–water partition coefficient (Wildman–Crippen LogP) is 2.05. The number of carbonyl (C=O) groups is 2. The minimum Gasteiger partial charge on any atom is -0.481 e. The molecule has 0 saturated heterocycles. The first-order valence-corrected chi connectivity index (χ1v) is 6.57. The fourth-order valence-corrected chi connectivity index (χ4v) is 2.59. The van der Waals surface area contributed by atoms with Gasteiger partial charge in [-0.1, -0.05) is 29.8 Å². The van der Waals surface area contributed by atoms with Crippen LogP contribution in [0.15, 0.2) is 24.3 Å². The summed E-state index contributed by atoms with van der Waals surface area (Å²) in [5, 5.41) is 11.8. The second kappa shape index (κ2) is 5.43. The Labute approximate surface area is 112 Å². The molecule has 2 N–H and O–H groups in total. The van der Waals surface area contributed by atoms with Gasteiger partial charge in [-0.05, 0) is 31.7 Å². The van der Waals surface area contributed by atoms with E-state index in [1.807, 2.05) is 31.2 Å². The molecule has 0 radical (unpaired) electrons. The van der Waals surface area contributed by atoms with Crippen LogP contribution in [0.2, 0.25) is 0 Å². The van der Waals surface area contributed by atoms with Crippen molar-refractivity contribution in [3.63, 3.8) is 0 Å². The van der Waals surface area contributed by atoms with Gasteiger partial charge in [0.1, 0.15) is 0 Å². The molecule has 0 atom stereocenters. The standard InChI is InChI=1S/C15H19NO3/c1-11-4-2-5-12(8-11)9-13(17)16-15(6-3-7-15)10-14(18)19/h2,4-5,8H,3,6-7,9-10H2,1H3,(H,16,17)(H,18,19). The Morgan fingerprint density at radius 2 is 2.11 bits per heavy atom. The van der Waals surface area contributed by atoms with Gasteiger partial charge in [0.15, 0.2) is 0 Å². The van der Waals surface area contributed by atoms with Crippen LogP contribution >= 0.6 is 0 Å². The lowest BCUT2D eigenvalue weighted by molar-refractivity contribution is -0.140. The lowest BCUT2D eigenvalue weighted by Crippen LogP contribution is -2.55. The number of nitrogens with one attached hydrogen (secondary N) is 1. The topological polar surface area (TPSA) is 66.4 Å². The van der Waals surface area contributed by atoms with Gasteiger partial charge in [-0.25, -0.2) is 0 Å². The summed E-state index contributed by atoms with van der Waals surface area (Å²) in [6.07, 6.45) is 2.84. The summed E-state index contributed by atoms with van der Waals surface area (Å²) in [5.41, 5.74) is 1.57. The third-order valence-electron chi connectivity index (χ3n) is 3.65. The molecule has 1 aromatic rings. The van der Waals surface area contributed by atoms with Crippen LogP contribution in [-0.4, -0.2) is 22.5 Å². The molecule has 1 saturated carbocycles. The Balaban J connectivity index is 1.95. The number of carboxylic acid groups (broad SMARTS) is 1. The number of aliphatic carboxylic acids is 1. The highest BCUT2D eigenvalue weighted by Gasteiger charge is 2.40. The predicted molar refractivity (Wildman–Crippen MR) is 71.9 cm³/mol. The maximum atomic E-state index is 12.0. The monoisotopic (exact) mass is 261 g/mol. The SMILES string of the molecule is Cc1cccc(CC(=O)NC2(CC(=O)O)CCC2)c1.